The summed E-state index contributed by atoms with van der Waals surface area (Å²) in [6, 6.07) is 11.0. The van der Waals surface area contributed by atoms with Crippen molar-refractivity contribution in [1.82, 2.24) is 0 Å². The van der Waals surface area contributed by atoms with E-state index in [9.17, 15) is 19.7 Å². The van der Waals surface area contributed by atoms with Gasteiger partial charge in [-0.1, -0.05) is 11.6 Å². The molecular formula is C17H11ClN4O5. The van der Waals surface area contributed by atoms with Crippen molar-refractivity contribution in [3.8, 4) is 6.07 Å². The number of halogens is 1. The third kappa shape index (κ3) is 5.04. The lowest BCUT2D eigenvalue weighted by molar-refractivity contribution is -0.384. The van der Waals surface area contributed by atoms with Crippen molar-refractivity contribution in [3.05, 3.63) is 74.9 Å². The molecule has 0 aliphatic heterocycles. The van der Waals surface area contributed by atoms with E-state index in [2.05, 4.69) is 10.6 Å². The van der Waals surface area contributed by atoms with E-state index in [0.29, 0.717) is 5.69 Å². The summed E-state index contributed by atoms with van der Waals surface area (Å²) in [6.07, 6.45) is 1.09. The summed E-state index contributed by atoms with van der Waals surface area (Å²) in [6.45, 7) is 0. The maximum absolute atomic E-state index is 12.1. The molecule has 136 valence electrons. The van der Waals surface area contributed by atoms with Gasteiger partial charge in [0.15, 0.2) is 0 Å². The molecule has 0 radical (unpaired) electrons. The van der Waals surface area contributed by atoms with Gasteiger partial charge < -0.3 is 15.7 Å². The van der Waals surface area contributed by atoms with Crippen molar-refractivity contribution in [3.63, 3.8) is 0 Å². The van der Waals surface area contributed by atoms with E-state index in [4.69, 9.17) is 22.0 Å². The summed E-state index contributed by atoms with van der Waals surface area (Å²) in [7, 11) is 0. The summed E-state index contributed by atoms with van der Waals surface area (Å²) >= 11 is 5.71. The predicted octanol–water partition coefficient (Wildman–Crippen LogP) is 3.40. The molecule has 2 rings (SSSR count). The molecule has 0 saturated carbocycles. The van der Waals surface area contributed by atoms with Gasteiger partial charge in [0.1, 0.15) is 16.7 Å². The number of nitrogens with zero attached hydrogens (tertiary/aromatic N) is 2. The zero-order valence-corrected chi connectivity index (χ0v) is 14.2. The number of nitriles is 1. The van der Waals surface area contributed by atoms with E-state index in [1.807, 2.05) is 0 Å². The Morgan fingerprint density at radius 1 is 1.19 bits per heavy atom. The highest BCUT2D eigenvalue weighted by Crippen LogP contribution is 2.27. The second kappa shape index (κ2) is 8.46. The number of benzene rings is 2. The quantitative estimate of drug-likeness (QED) is 0.298. The monoisotopic (exact) mass is 386 g/mol. The average Bonchev–Trinajstić information content (AvgIpc) is 2.63. The van der Waals surface area contributed by atoms with E-state index >= 15 is 0 Å². The third-order valence-corrected chi connectivity index (χ3v) is 3.60. The molecule has 0 bridgehead atoms. The molecule has 3 N–H and O–H groups in total. The summed E-state index contributed by atoms with van der Waals surface area (Å²) in [5.41, 5.74) is -0.00718. The van der Waals surface area contributed by atoms with Crippen molar-refractivity contribution >= 4 is 40.5 Å². The Bertz CT molecular complexity index is 980. The number of aromatic carboxylic acids is 1. The molecular weight excluding hydrogens is 376 g/mol. The number of carboxylic acid groups (broad SMARTS) is 1. The van der Waals surface area contributed by atoms with E-state index in [1.165, 1.54) is 36.4 Å². The van der Waals surface area contributed by atoms with Crippen LogP contribution in [0.25, 0.3) is 0 Å². The van der Waals surface area contributed by atoms with Crippen molar-refractivity contribution in [2.45, 2.75) is 0 Å². The Balaban J connectivity index is 2.12. The number of nitro benzene ring substituents is 1. The largest absolute Gasteiger partial charge is 0.478 e. The highest BCUT2D eigenvalue weighted by atomic mass is 35.5. The minimum absolute atomic E-state index is 0.0439. The molecule has 2 aromatic rings. The Labute approximate surface area is 157 Å². The molecule has 0 aliphatic carbocycles. The first kappa shape index (κ1) is 19.4. The molecule has 0 heterocycles. The fourth-order valence-corrected chi connectivity index (χ4v) is 2.13. The SMILES string of the molecule is N#C/C(=C/Nc1ccc(Cl)c([N+](=O)[O-])c1)C(=O)Nc1ccc(C(=O)O)cc1. The number of carboxylic acids is 1. The minimum Gasteiger partial charge on any atom is -0.478 e. The fourth-order valence-electron chi connectivity index (χ4n) is 1.94. The van der Waals surface area contributed by atoms with E-state index in [0.717, 1.165) is 12.3 Å². The summed E-state index contributed by atoms with van der Waals surface area (Å²) in [5.74, 6) is -1.84. The van der Waals surface area contributed by atoms with Crippen LogP contribution in [0.3, 0.4) is 0 Å². The van der Waals surface area contributed by atoms with Crippen LogP contribution in [0, 0.1) is 21.4 Å². The van der Waals surface area contributed by atoms with Crippen LogP contribution < -0.4 is 10.6 Å². The summed E-state index contributed by atoms with van der Waals surface area (Å²) in [4.78, 5) is 33.1. The third-order valence-electron chi connectivity index (χ3n) is 3.28. The molecule has 27 heavy (non-hydrogen) atoms. The van der Waals surface area contributed by atoms with Gasteiger partial charge in [0.25, 0.3) is 11.6 Å². The van der Waals surface area contributed by atoms with Crippen LogP contribution in [0.5, 0.6) is 0 Å². The van der Waals surface area contributed by atoms with Crippen molar-refractivity contribution in [1.29, 1.82) is 5.26 Å². The Kier molecular flexibility index (Phi) is 6.09. The summed E-state index contributed by atoms with van der Waals surface area (Å²) in [5, 5.41) is 33.9. The molecule has 10 heteroatoms. The molecule has 0 aromatic heterocycles. The number of nitrogens with one attached hydrogen (secondary N) is 2. The molecule has 0 saturated heterocycles. The van der Waals surface area contributed by atoms with E-state index in [-0.39, 0.29) is 27.5 Å². The standard InChI is InChI=1S/C17H11ClN4O5/c18-14-6-5-13(7-15(14)22(26)27)20-9-11(8-19)16(23)21-12-3-1-10(2-4-12)17(24)25/h1-7,9,20H,(H,21,23)(H,24,25)/b11-9-. The van der Waals surface area contributed by atoms with Crippen LogP contribution in [0.2, 0.25) is 5.02 Å². The summed E-state index contributed by atoms with van der Waals surface area (Å²) < 4.78 is 0. The molecule has 0 spiro atoms. The number of carbonyl (C=O) groups is 2. The van der Waals surface area contributed by atoms with Crippen LogP contribution in [-0.4, -0.2) is 21.9 Å². The van der Waals surface area contributed by atoms with Gasteiger partial charge in [0.2, 0.25) is 0 Å². The van der Waals surface area contributed by atoms with Crippen LogP contribution in [0.15, 0.2) is 54.2 Å². The molecule has 1 amide bonds. The van der Waals surface area contributed by atoms with E-state index < -0.39 is 16.8 Å². The molecule has 9 nitrogen and oxygen atoms in total. The molecule has 0 fully saturated rings. The number of hydrogen-bond acceptors (Lipinski definition) is 6. The van der Waals surface area contributed by atoms with Crippen LogP contribution in [0.1, 0.15) is 10.4 Å². The predicted molar refractivity (Wildman–Crippen MR) is 97.5 cm³/mol. The number of hydrogen-bond donors (Lipinski definition) is 3. The Morgan fingerprint density at radius 3 is 2.37 bits per heavy atom. The van der Waals surface area contributed by atoms with Crippen LogP contribution >= 0.6 is 11.6 Å². The fraction of sp³-hybridized carbons (Fsp3) is 0. The normalized spacial score (nSPS) is 10.6. The van der Waals surface area contributed by atoms with Gasteiger partial charge in [-0.3, -0.25) is 14.9 Å². The second-order valence-electron chi connectivity index (χ2n) is 5.07. The highest BCUT2D eigenvalue weighted by Gasteiger charge is 2.13. The van der Waals surface area contributed by atoms with Gasteiger partial charge in [-0.2, -0.15) is 5.26 Å². The maximum atomic E-state index is 12.1. The molecule has 2 aromatic carbocycles. The lowest BCUT2D eigenvalue weighted by Crippen LogP contribution is -2.14. The van der Waals surface area contributed by atoms with Gasteiger partial charge in [-0.05, 0) is 36.4 Å². The van der Waals surface area contributed by atoms with Gasteiger partial charge >= 0.3 is 5.97 Å². The van der Waals surface area contributed by atoms with Crippen molar-refractivity contribution in [2.24, 2.45) is 0 Å². The highest BCUT2D eigenvalue weighted by molar-refractivity contribution is 6.32. The molecule has 0 unspecified atom stereocenters. The number of carbonyl (C=O) groups excluding carboxylic acids is 1. The van der Waals surface area contributed by atoms with Gasteiger partial charge in [-0.25, -0.2) is 4.79 Å². The van der Waals surface area contributed by atoms with Gasteiger partial charge in [0, 0.05) is 23.6 Å². The number of rotatable bonds is 6. The first-order valence-corrected chi connectivity index (χ1v) is 7.65. The van der Waals surface area contributed by atoms with Crippen molar-refractivity contribution in [2.75, 3.05) is 10.6 Å². The second-order valence-corrected chi connectivity index (χ2v) is 5.48. The molecule has 0 aliphatic rings. The number of amides is 1. The topological polar surface area (TPSA) is 145 Å². The van der Waals surface area contributed by atoms with Crippen LogP contribution in [0.4, 0.5) is 17.1 Å². The maximum Gasteiger partial charge on any atom is 0.335 e. The molecule has 0 atom stereocenters. The minimum atomic E-state index is -1.10. The number of anilines is 2. The zero-order chi connectivity index (χ0) is 20.0. The lowest BCUT2D eigenvalue weighted by atomic mass is 10.2. The smallest absolute Gasteiger partial charge is 0.335 e. The van der Waals surface area contributed by atoms with Crippen molar-refractivity contribution < 1.29 is 19.6 Å². The Hall–Kier alpha value is -3.90. The van der Waals surface area contributed by atoms with Crippen LogP contribution in [-0.2, 0) is 4.79 Å². The zero-order valence-electron chi connectivity index (χ0n) is 13.5. The van der Waals surface area contributed by atoms with Gasteiger partial charge in [-0.15, -0.1) is 0 Å². The first-order chi connectivity index (χ1) is 12.8. The lowest BCUT2D eigenvalue weighted by Gasteiger charge is -2.06. The number of nitro groups is 1. The van der Waals surface area contributed by atoms with E-state index in [1.54, 1.807) is 6.07 Å². The average molecular weight is 387 g/mol. The first-order valence-electron chi connectivity index (χ1n) is 7.27. The van der Waals surface area contributed by atoms with Gasteiger partial charge in [0.05, 0.1) is 10.5 Å². The Morgan fingerprint density at radius 2 is 1.81 bits per heavy atom.